The lowest BCUT2D eigenvalue weighted by atomic mass is 10.2. The minimum atomic E-state index is 0.635. The van der Waals surface area contributed by atoms with Crippen molar-refractivity contribution in [1.82, 2.24) is 14.9 Å². The summed E-state index contributed by atoms with van der Waals surface area (Å²) in [6.45, 7) is 6.77. The topological polar surface area (TPSA) is 29.9 Å². The highest BCUT2D eigenvalue weighted by atomic mass is 35.5. The number of nitrogens with one attached hydrogen (secondary N) is 1. The number of hydrogen-bond acceptors (Lipinski definition) is 2. The van der Waals surface area contributed by atoms with Crippen LogP contribution in [0.25, 0.3) is 0 Å². The summed E-state index contributed by atoms with van der Waals surface area (Å²) in [5.41, 5.74) is 1.95. The lowest BCUT2D eigenvalue weighted by Gasteiger charge is -2.07. The third-order valence-electron chi connectivity index (χ3n) is 2.95. The van der Waals surface area contributed by atoms with Gasteiger partial charge >= 0.3 is 0 Å². The summed E-state index contributed by atoms with van der Waals surface area (Å²) >= 11 is 12.3. The highest BCUT2D eigenvalue weighted by molar-refractivity contribution is 6.35. The predicted octanol–water partition coefficient (Wildman–Crippen LogP) is 3.98. The van der Waals surface area contributed by atoms with E-state index in [2.05, 4.69) is 24.1 Å². The Balaban J connectivity index is 1.99. The fraction of sp³-hybridized carbons (Fsp3) is 0.400. The van der Waals surface area contributed by atoms with Gasteiger partial charge in [-0.2, -0.15) is 0 Å². The van der Waals surface area contributed by atoms with Crippen molar-refractivity contribution >= 4 is 23.2 Å². The molecule has 0 fully saturated rings. The van der Waals surface area contributed by atoms with Gasteiger partial charge in [0.25, 0.3) is 0 Å². The number of halogens is 2. The molecule has 108 valence electrons. The molecule has 5 heteroatoms. The summed E-state index contributed by atoms with van der Waals surface area (Å²) < 4.78 is 2.00. The van der Waals surface area contributed by atoms with Crippen molar-refractivity contribution in [3.63, 3.8) is 0 Å². The van der Waals surface area contributed by atoms with Gasteiger partial charge in [0, 0.05) is 28.4 Å². The second kappa shape index (κ2) is 7.11. The molecule has 1 aromatic heterocycles. The molecule has 0 atom stereocenters. The zero-order valence-corrected chi connectivity index (χ0v) is 13.2. The van der Waals surface area contributed by atoms with Crippen LogP contribution in [0.15, 0.2) is 30.7 Å². The Hall–Kier alpha value is -1.03. The van der Waals surface area contributed by atoms with Crippen molar-refractivity contribution in [2.45, 2.75) is 26.9 Å². The minimum Gasteiger partial charge on any atom is -0.333 e. The highest BCUT2D eigenvalue weighted by Crippen LogP contribution is 2.25. The van der Waals surface area contributed by atoms with Crippen LogP contribution < -0.4 is 5.32 Å². The molecule has 1 N–H and O–H groups in total. The van der Waals surface area contributed by atoms with Gasteiger partial charge in [-0.3, -0.25) is 0 Å². The summed E-state index contributed by atoms with van der Waals surface area (Å²) in [7, 11) is 0. The average Bonchev–Trinajstić information content (AvgIpc) is 2.81. The van der Waals surface area contributed by atoms with Gasteiger partial charge in [0.05, 0.1) is 18.6 Å². The fourth-order valence-corrected chi connectivity index (χ4v) is 2.46. The Bertz CT molecular complexity index is 544. The molecular formula is C15H19Cl2N3. The number of hydrogen-bond donors (Lipinski definition) is 1. The van der Waals surface area contributed by atoms with Crippen molar-refractivity contribution in [3.05, 3.63) is 52.0 Å². The summed E-state index contributed by atoms with van der Waals surface area (Å²) in [4.78, 5) is 4.38. The predicted molar refractivity (Wildman–Crippen MR) is 84.3 cm³/mol. The summed E-state index contributed by atoms with van der Waals surface area (Å²) in [6, 6.07) is 5.55. The zero-order valence-electron chi connectivity index (χ0n) is 11.7. The van der Waals surface area contributed by atoms with E-state index in [-0.39, 0.29) is 0 Å². The molecular weight excluding hydrogens is 293 g/mol. The summed E-state index contributed by atoms with van der Waals surface area (Å²) in [6.07, 6.45) is 3.83. The minimum absolute atomic E-state index is 0.635. The smallest absolute Gasteiger partial charge is 0.0953 e. The second-order valence-electron chi connectivity index (χ2n) is 5.26. The lowest BCUT2D eigenvalue weighted by Crippen LogP contribution is -2.19. The van der Waals surface area contributed by atoms with Gasteiger partial charge in [-0.15, -0.1) is 0 Å². The van der Waals surface area contributed by atoms with E-state index >= 15 is 0 Å². The second-order valence-corrected chi connectivity index (χ2v) is 6.08. The highest BCUT2D eigenvalue weighted by Gasteiger charge is 2.07. The van der Waals surface area contributed by atoms with Gasteiger partial charge in [0.1, 0.15) is 0 Å². The lowest BCUT2D eigenvalue weighted by molar-refractivity contribution is 0.548. The van der Waals surface area contributed by atoms with E-state index in [1.54, 1.807) is 0 Å². The van der Waals surface area contributed by atoms with Crippen LogP contribution in [0.2, 0.25) is 10.0 Å². The maximum atomic E-state index is 6.17. The molecule has 2 aromatic rings. The number of aromatic nitrogens is 2. The molecule has 2 rings (SSSR count). The number of imidazole rings is 1. The molecule has 0 aliphatic heterocycles. The SMILES string of the molecule is CC(C)CNCc1cn(Cc2c(Cl)cccc2Cl)cn1. The molecule has 0 saturated carbocycles. The Kier molecular flexibility index (Phi) is 5.46. The number of benzene rings is 1. The molecule has 0 aliphatic rings. The largest absolute Gasteiger partial charge is 0.333 e. The van der Waals surface area contributed by atoms with Crippen LogP contribution in [0.3, 0.4) is 0 Å². The average molecular weight is 312 g/mol. The molecule has 1 aromatic carbocycles. The van der Waals surface area contributed by atoms with Gasteiger partial charge < -0.3 is 9.88 Å². The van der Waals surface area contributed by atoms with Crippen LogP contribution in [0, 0.1) is 5.92 Å². The van der Waals surface area contributed by atoms with Gasteiger partial charge in [-0.05, 0) is 24.6 Å². The molecule has 0 amide bonds. The first-order valence-electron chi connectivity index (χ1n) is 6.70. The van der Waals surface area contributed by atoms with Crippen LogP contribution in [0.5, 0.6) is 0 Å². The Morgan fingerprint density at radius 3 is 2.60 bits per heavy atom. The summed E-state index contributed by atoms with van der Waals surface area (Å²) in [5.74, 6) is 0.638. The first-order chi connectivity index (χ1) is 9.56. The van der Waals surface area contributed by atoms with Crippen LogP contribution in [-0.2, 0) is 13.1 Å². The van der Waals surface area contributed by atoms with Crippen molar-refractivity contribution in [2.75, 3.05) is 6.54 Å². The number of nitrogens with zero attached hydrogens (tertiary/aromatic N) is 2. The third kappa shape index (κ3) is 4.23. The van der Waals surface area contributed by atoms with E-state index in [1.165, 1.54) is 0 Å². The molecule has 0 bridgehead atoms. The molecule has 0 saturated heterocycles. The van der Waals surface area contributed by atoms with Crippen molar-refractivity contribution in [3.8, 4) is 0 Å². The van der Waals surface area contributed by atoms with E-state index in [1.807, 2.05) is 35.3 Å². The molecule has 3 nitrogen and oxygen atoms in total. The first-order valence-corrected chi connectivity index (χ1v) is 7.46. The molecule has 0 aliphatic carbocycles. The van der Waals surface area contributed by atoms with E-state index in [9.17, 15) is 0 Å². The molecule has 1 heterocycles. The van der Waals surface area contributed by atoms with Gasteiger partial charge in [0.2, 0.25) is 0 Å². The van der Waals surface area contributed by atoms with E-state index in [0.29, 0.717) is 22.5 Å². The number of rotatable bonds is 6. The molecule has 0 radical (unpaired) electrons. The van der Waals surface area contributed by atoms with Crippen LogP contribution in [0.1, 0.15) is 25.1 Å². The van der Waals surface area contributed by atoms with Crippen LogP contribution >= 0.6 is 23.2 Å². The van der Waals surface area contributed by atoms with E-state index in [4.69, 9.17) is 23.2 Å². The Morgan fingerprint density at radius 2 is 1.95 bits per heavy atom. The molecule has 20 heavy (non-hydrogen) atoms. The third-order valence-corrected chi connectivity index (χ3v) is 3.66. The fourth-order valence-electron chi connectivity index (χ4n) is 1.94. The monoisotopic (exact) mass is 311 g/mol. The maximum absolute atomic E-state index is 6.17. The van der Waals surface area contributed by atoms with Gasteiger partial charge in [-0.25, -0.2) is 4.98 Å². The molecule has 0 unspecified atom stereocenters. The Labute approximate surface area is 129 Å². The van der Waals surface area contributed by atoms with E-state index < -0.39 is 0 Å². The van der Waals surface area contributed by atoms with Gasteiger partial charge in [-0.1, -0.05) is 43.1 Å². The quantitative estimate of drug-likeness (QED) is 0.874. The molecule has 0 spiro atoms. The maximum Gasteiger partial charge on any atom is 0.0953 e. The van der Waals surface area contributed by atoms with Crippen molar-refractivity contribution in [2.24, 2.45) is 5.92 Å². The zero-order chi connectivity index (χ0) is 14.5. The van der Waals surface area contributed by atoms with Crippen molar-refractivity contribution < 1.29 is 0 Å². The van der Waals surface area contributed by atoms with Crippen LogP contribution in [0.4, 0.5) is 0 Å². The summed E-state index contributed by atoms with van der Waals surface area (Å²) in [5, 5.41) is 4.74. The standard InChI is InChI=1S/C15H19Cl2N3/c1-11(2)6-18-7-12-8-20(10-19-12)9-13-14(16)4-3-5-15(13)17/h3-5,8,10-11,18H,6-7,9H2,1-2H3. The van der Waals surface area contributed by atoms with Crippen molar-refractivity contribution in [1.29, 1.82) is 0 Å². The normalized spacial score (nSPS) is 11.2. The van der Waals surface area contributed by atoms with Crippen LogP contribution in [-0.4, -0.2) is 16.1 Å². The first kappa shape index (κ1) is 15.4. The van der Waals surface area contributed by atoms with E-state index in [0.717, 1.165) is 24.3 Å². The van der Waals surface area contributed by atoms with Gasteiger partial charge in [0.15, 0.2) is 0 Å². The Morgan fingerprint density at radius 1 is 1.25 bits per heavy atom.